The fourth-order valence-electron chi connectivity index (χ4n) is 2.41. The van der Waals surface area contributed by atoms with Crippen LogP contribution in [0.25, 0.3) is 0 Å². The Hall–Kier alpha value is -1.27. The fraction of sp³-hybridized carbons (Fsp3) is 0.538. The highest BCUT2D eigenvalue weighted by Crippen LogP contribution is 2.37. The van der Waals surface area contributed by atoms with Crippen LogP contribution in [0.1, 0.15) is 24.4 Å². The topological polar surface area (TPSA) is 64.6 Å². The van der Waals surface area contributed by atoms with Crippen LogP contribution in [0.2, 0.25) is 0 Å². The lowest BCUT2D eigenvalue weighted by atomic mass is 10.0. The van der Waals surface area contributed by atoms with Crippen molar-refractivity contribution in [3.8, 4) is 11.5 Å². The Balaban J connectivity index is 2.56. The minimum absolute atomic E-state index is 0.161. The summed E-state index contributed by atoms with van der Waals surface area (Å²) in [5.74, 6) is 0.952. The molecule has 0 radical (unpaired) electrons. The van der Waals surface area contributed by atoms with Crippen molar-refractivity contribution in [2.24, 2.45) is 0 Å². The largest absolute Gasteiger partial charge is 0.496 e. The lowest BCUT2D eigenvalue weighted by Crippen LogP contribution is -2.14. The van der Waals surface area contributed by atoms with Crippen LogP contribution >= 0.6 is 0 Å². The van der Waals surface area contributed by atoms with Crippen LogP contribution in [-0.2, 0) is 9.84 Å². The van der Waals surface area contributed by atoms with Gasteiger partial charge >= 0.3 is 0 Å². The van der Waals surface area contributed by atoms with Gasteiger partial charge in [0.05, 0.1) is 14.2 Å². The molecule has 106 valence electrons. The van der Waals surface area contributed by atoms with Gasteiger partial charge in [0.2, 0.25) is 0 Å². The maximum atomic E-state index is 11.8. The third-order valence-electron chi connectivity index (χ3n) is 3.35. The summed E-state index contributed by atoms with van der Waals surface area (Å²) in [6.45, 7) is 0.962. The van der Waals surface area contributed by atoms with Gasteiger partial charge in [-0.2, -0.15) is 0 Å². The van der Waals surface area contributed by atoms with E-state index in [0.717, 1.165) is 31.2 Å². The molecule has 6 heteroatoms. The monoisotopic (exact) mass is 285 g/mol. The van der Waals surface area contributed by atoms with Gasteiger partial charge in [0, 0.05) is 23.9 Å². The number of hydrogen-bond acceptors (Lipinski definition) is 5. The lowest BCUT2D eigenvalue weighted by Gasteiger charge is -2.18. The summed E-state index contributed by atoms with van der Waals surface area (Å²) in [5.41, 5.74) is 0.948. The molecule has 1 aromatic rings. The molecule has 1 unspecified atom stereocenters. The molecule has 5 nitrogen and oxygen atoms in total. The summed E-state index contributed by atoms with van der Waals surface area (Å²) in [7, 11) is -0.321. The average Bonchev–Trinajstić information content (AvgIpc) is 2.89. The predicted octanol–water partition coefficient (Wildman–Crippen LogP) is 1.53. The minimum atomic E-state index is -3.34. The summed E-state index contributed by atoms with van der Waals surface area (Å²) < 4.78 is 34.1. The second-order valence-corrected chi connectivity index (χ2v) is 6.65. The number of rotatable bonds is 4. The summed E-state index contributed by atoms with van der Waals surface area (Å²) in [6, 6.07) is 3.50. The predicted molar refractivity (Wildman–Crippen MR) is 72.6 cm³/mol. The highest BCUT2D eigenvalue weighted by atomic mass is 32.2. The maximum Gasteiger partial charge on any atom is 0.179 e. The van der Waals surface area contributed by atoms with E-state index in [0.29, 0.717) is 11.5 Å². The molecular weight excluding hydrogens is 266 g/mol. The van der Waals surface area contributed by atoms with Gasteiger partial charge in [-0.3, -0.25) is 0 Å². The Bertz CT molecular complexity index is 562. The van der Waals surface area contributed by atoms with Crippen LogP contribution in [0.5, 0.6) is 11.5 Å². The summed E-state index contributed by atoms with van der Waals surface area (Å²) in [4.78, 5) is 0.161. The van der Waals surface area contributed by atoms with E-state index in [-0.39, 0.29) is 10.9 Å². The smallest absolute Gasteiger partial charge is 0.179 e. The van der Waals surface area contributed by atoms with E-state index in [1.165, 1.54) is 7.11 Å². The molecule has 0 spiro atoms. The van der Waals surface area contributed by atoms with Crippen LogP contribution in [-0.4, -0.2) is 35.4 Å². The van der Waals surface area contributed by atoms with Gasteiger partial charge in [-0.25, -0.2) is 8.42 Å². The van der Waals surface area contributed by atoms with Crippen molar-refractivity contribution >= 4 is 9.84 Å². The number of benzene rings is 1. The van der Waals surface area contributed by atoms with Gasteiger partial charge in [-0.05, 0) is 25.5 Å². The van der Waals surface area contributed by atoms with Crippen LogP contribution in [0.3, 0.4) is 0 Å². The standard InChI is InChI=1S/C13H19NO4S/c1-17-11-8-13(19(3,15)16)12(18-2)7-9(11)10-5-4-6-14-10/h7-8,10,14H,4-6H2,1-3H3. The van der Waals surface area contributed by atoms with Crippen LogP contribution in [0.15, 0.2) is 17.0 Å². The first kappa shape index (κ1) is 14.1. The van der Waals surface area contributed by atoms with E-state index in [9.17, 15) is 8.42 Å². The number of hydrogen-bond donors (Lipinski definition) is 1. The molecule has 1 fully saturated rings. The SMILES string of the molecule is COc1cc(S(C)(=O)=O)c(OC)cc1C1CCCN1. The molecule has 0 aromatic heterocycles. The minimum Gasteiger partial charge on any atom is -0.496 e. The van der Waals surface area contributed by atoms with Crippen molar-refractivity contribution in [2.75, 3.05) is 27.0 Å². The molecule has 1 N–H and O–H groups in total. The van der Waals surface area contributed by atoms with Crippen molar-refractivity contribution in [1.29, 1.82) is 0 Å². The molecule has 1 aliphatic rings. The number of nitrogens with one attached hydrogen (secondary N) is 1. The molecule has 19 heavy (non-hydrogen) atoms. The molecule has 0 aliphatic carbocycles. The van der Waals surface area contributed by atoms with Gasteiger partial charge in [0.15, 0.2) is 9.84 Å². The van der Waals surface area contributed by atoms with Crippen molar-refractivity contribution < 1.29 is 17.9 Å². The number of methoxy groups -OCH3 is 2. The summed E-state index contributed by atoms with van der Waals surface area (Å²) in [6.07, 6.45) is 3.28. The highest BCUT2D eigenvalue weighted by molar-refractivity contribution is 7.90. The molecule has 1 heterocycles. The van der Waals surface area contributed by atoms with E-state index in [2.05, 4.69) is 5.32 Å². The van der Waals surface area contributed by atoms with Gasteiger partial charge in [-0.1, -0.05) is 0 Å². The molecular formula is C13H19NO4S. The quantitative estimate of drug-likeness (QED) is 0.909. The average molecular weight is 285 g/mol. The van der Waals surface area contributed by atoms with E-state index in [1.807, 2.05) is 0 Å². The Labute approximate surface area is 113 Å². The molecule has 2 rings (SSSR count). The zero-order valence-corrected chi connectivity index (χ0v) is 12.2. The molecule has 1 aromatic carbocycles. The molecule has 0 amide bonds. The Morgan fingerprint density at radius 3 is 2.37 bits per heavy atom. The van der Waals surface area contributed by atoms with Crippen molar-refractivity contribution in [2.45, 2.75) is 23.8 Å². The third kappa shape index (κ3) is 2.84. The van der Waals surface area contributed by atoms with Gasteiger partial charge < -0.3 is 14.8 Å². The van der Waals surface area contributed by atoms with Crippen molar-refractivity contribution in [3.05, 3.63) is 17.7 Å². The molecule has 1 aliphatic heterocycles. The molecule has 1 saturated heterocycles. The number of ether oxygens (including phenoxy) is 2. The fourth-order valence-corrected chi connectivity index (χ4v) is 3.23. The Morgan fingerprint density at radius 2 is 1.89 bits per heavy atom. The van der Waals surface area contributed by atoms with Crippen LogP contribution < -0.4 is 14.8 Å². The maximum absolute atomic E-state index is 11.8. The van der Waals surface area contributed by atoms with E-state index in [1.54, 1.807) is 19.2 Å². The molecule has 0 saturated carbocycles. The van der Waals surface area contributed by atoms with Gasteiger partial charge in [0.1, 0.15) is 16.4 Å². The van der Waals surface area contributed by atoms with Crippen molar-refractivity contribution in [1.82, 2.24) is 5.32 Å². The second-order valence-electron chi connectivity index (χ2n) is 4.67. The first-order chi connectivity index (χ1) is 8.97. The van der Waals surface area contributed by atoms with E-state index >= 15 is 0 Å². The lowest BCUT2D eigenvalue weighted by molar-refractivity contribution is 0.384. The number of sulfone groups is 1. The Kier molecular flexibility index (Phi) is 4.01. The van der Waals surface area contributed by atoms with Gasteiger partial charge in [0.25, 0.3) is 0 Å². The Morgan fingerprint density at radius 1 is 1.21 bits per heavy atom. The van der Waals surface area contributed by atoms with Crippen LogP contribution in [0.4, 0.5) is 0 Å². The first-order valence-corrected chi connectivity index (χ1v) is 8.06. The second kappa shape index (κ2) is 5.38. The zero-order chi connectivity index (χ0) is 14.0. The first-order valence-electron chi connectivity index (χ1n) is 6.16. The highest BCUT2D eigenvalue weighted by Gasteiger charge is 2.24. The van der Waals surface area contributed by atoms with Gasteiger partial charge in [-0.15, -0.1) is 0 Å². The summed E-state index contributed by atoms with van der Waals surface area (Å²) in [5, 5.41) is 3.37. The van der Waals surface area contributed by atoms with E-state index in [4.69, 9.17) is 9.47 Å². The molecule has 0 bridgehead atoms. The van der Waals surface area contributed by atoms with Crippen molar-refractivity contribution in [3.63, 3.8) is 0 Å². The molecule has 1 atom stereocenters. The summed E-state index contributed by atoms with van der Waals surface area (Å²) >= 11 is 0. The normalized spacial score (nSPS) is 19.4. The van der Waals surface area contributed by atoms with Crippen LogP contribution in [0, 0.1) is 0 Å². The van der Waals surface area contributed by atoms with E-state index < -0.39 is 9.84 Å². The zero-order valence-electron chi connectivity index (χ0n) is 11.4. The third-order valence-corrected chi connectivity index (χ3v) is 4.47.